The zero-order valence-corrected chi connectivity index (χ0v) is 10.7. The lowest BCUT2D eigenvalue weighted by Gasteiger charge is -2.04. The van der Waals surface area contributed by atoms with Crippen LogP contribution in [0.5, 0.6) is 0 Å². The van der Waals surface area contributed by atoms with E-state index in [-0.39, 0.29) is 17.6 Å². The van der Waals surface area contributed by atoms with Crippen LogP contribution in [0.2, 0.25) is 0 Å². The van der Waals surface area contributed by atoms with Crippen molar-refractivity contribution in [3.8, 4) is 11.4 Å². The highest BCUT2D eigenvalue weighted by atomic mass is 16.6. The molecule has 0 aliphatic heterocycles. The molecule has 1 saturated carbocycles. The molecular formula is C13H14N4O3. The molecule has 7 nitrogen and oxygen atoms in total. The minimum absolute atomic E-state index is 0.0223. The SMILES string of the molecule is NC(Cc1nc(-c2ccccc2[N+](=O)[O-])no1)C1CC1. The van der Waals surface area contributed by atoms with Crippen molar-refractivity contribution < 1.29 is 9.45 Å². The molecule has 2 aromatic rings. The second-order valence-corrected chi connectivity index (χ2v) is 4.99. The van der Waals surface area contributed by atoms with Gasteiger partial charge in [-0.3, -0.25) is 10.1 Å². The molecule has 1 aromatic heterocycles. The molecule has 1 aliphatic carbocycles. The fourth-order valence-electron chi connectivity index (χ4n) is 2.16. The van der Waals surface area contributed by atoms with E-state index in [1.807, 2.05) is 0 Å². The third-order valence-electron chi connectivity index (χ3n) is 3.45. The molecular weight excluding hydrogens is 260 g/mol. The summed E-state index contributed by atoms with van der Waals surface area (Å²) in [6, 6.07) is 6.35. The Hall–Kier alpha value is -2.28. The summed E-state index contributed by atoms with van der Waals surface area (Å²) in [4.78, 5) is 14.7. The number of rotatable bonds is 5. The van der Waals surface area contributed by atoms with E-state index in [1.165, 1.54) is 6.07 Å². The Kier molecular flexibility index (Phi) is 3.19. The minimum Gasteiger partial charge on any atom is -0.339 e. The lowest BCUT2D eigenvalue weighted by molar-refractivity contribution is -0.384. The third kappa shape index (κ3) is 2.53. The van der Waals surface area contributed by atoms with E-state index in [0.29, 0.717) is 23.8 Å². The fourth-order valence-corrected chi connectivity index (χ4v) is 2.16. The zero-order chi connectivity index (χ0) is 14.1. The molecule has 104 valence electrons. The summed E-state index contributed by atoms with van der Waals surface area (Å²) in [5.74, 6) is 1.20. The van der Waals surface area contributed by atoms with Gasteiger partial charge in [0.25, 0.3) is 5.69 Å². The highest BCUT2D eigenvalue weighted by molar-refractivity contribution is 5.67. The topological polar surface area (TPSA) is 108 Å². The van der Waals surface area contributed by atoms with Crippen molar-refractivity contribution in [1.82, 2.24) is 10.1 Å². The van der Waals surface area contributed by atoms with Gasteiger partial charge in [0, 0.05) is 18.5 Å². The first-order chi connectivity index (χ1) is 9.65. The summed E-state index contributed by atoms with van der Waals surface area (Å²) in [5, 5.41) is 14.8. The van der Waals surface area contributed by atoms with Crippen molar-refractivity contribution in [3.63, 3.8) is 0 Å². The predicted octanol–water partition coefficient (Wildman–Crippen LogP) is 1.92. The molecule has 20 heavy (non-hydrogen) atoms. The number of hydrogen-bond donors (Lipinski definition) is 1. The number of benzene rings is 1. The Bertz CT molecular complexity index is 636. The van der Waals surface area contributed by atoms with Gasteiger partial charge in [-0.25, -0.2) is 0 Å². The fraction of sp³-hybridized carbons (Fsp3) is 0.385. The van der Waals surface area contributed by atoms with E-state index in [9.17, 15) is 10.1 Å². The van der Waals surface area contributed by atoms with Gasteiger partial charge in [-0.1, -0.05) is 17.3 Å². The van der Waals surface area contributed by atoms with Gasteiger partial charge in [0.1, 0.15) is 5.56 Å². The summed E-state index contributed by atoms with van der Waals surface area (Å²) < 4.78 is 5.14. The average Bonchev–Trinajstić information content (AvgIpc) is 3.20. The summed E-state index contributed by atoms with van der Waals surface area (Å²) in [6.45, 7) is 0. The molecule has 1 aliphatic rings. The number of nitro benzene ring substituents is 1. The second kappa shape index (κ2) is 5.01. The number of aromatic nitrogens is 2. The maximum atomic E-state index is 11.0. The Balaban J connectivity index is 1.84. The molecule has 0 radical (unpaired) electrons. The number of nitrogens with two attached hydrogens (primary N) is 1. The van der Waals surface area contributed by atoms with Gasteiger partial charge in [0.15, 0.2) is 0 Å². The molecule has 1 unspecified atom stereocenters. The van der Waals surface area contributed by atoms with Crippen molar-refractivity contribution in [2.45, 2.75) is 25.3 Å². The summed E-state index contributed by atoms with van der Waals surface area (Å²) in [7, 11) is 0. The van der Waals surface area contributed by atoms with Gasteiger partial charge in [0.2, 0.25) is 11.7 Å². The van der Waals surface area contributed by atoms with Gasteiger partial charge in [0.05, 0.1) is 4.92 Å². The molecule has 1 aromatic carbocycles. The summed E-state index contributed by atoms with van der Waals surface area (Å²) in [6.07, 6.45) is 2.80. The molecule has 0 saturated heterocycles. The Morgan fingerprint density at radius 2 is 2.20 bits per heavy atom. The Morgan fingerprint density at radius 1 is 1.45 bits per heavy atom. The summed E-state index contributed by atoms with van der Waals surface area (Å²) in [5.41, 5.74) is 6.32. The van der Waals surface area contributed by atoms with Crippen molar-refractivity contribution in [2.75, 3.05) is 0 Å². The van der Waals surface area contributed by atoms with Crippen LogP contribution in [0.4, 0.5) is 5.69 Å². The van der Waals surface area contributed by atoms with Gasteiger partial charge in [-0.15, -0.1) is 0 Å². The molecule has 0 bridgehead atoms. The van der Waals surface area contributed by atoms with Crippen molar-refractivity contribution in [1.29, 1.82) is 0 Å². The van der Waals surface area contributed by atoms with Crippen LogP contribution >= 0.6 is 0 Å². The van der Waals surface area contributed by atoms with E-state index < -0.39 is 4.92 Å². The van der Waals surface area contributed by atoms with Crippen LogP contribution < -0.4 is 5.73 Å². The lowest BCUT2D eigenvalue weighted by atomic mass is 10.1. The van der Waals surface area contributed by atoms with Crippen molar-refractivity contribution in [2.24, 2.45) is 11.7 Å². The van der Waals surface area contributed by atoms with E-state index >= 15 is 0 Å². The largest absolute Gasteiger partial charge is 0.339 e. The highest BCUT2D eigenvalue weighted by Crippen LogP contribution is 2.33. The molecule has 7 heteroatoms. The molecule has 2 N–H and O–H groups in total. The van der Waals surface area contributed by atoms with Gasteiger partial charge < -0.3 is 10.3 Å². The van der Waals surface area contributed by atoms with Gasteiger partial charge >= 0.3 is 0 Å². The molecule has 3 rings (SSSR count). The molecule has 0 amide bonds. The van der Waals surface area contributed by atoms with Crippen LogP contribution in [0.25, 0.3) is 11.4 Å². The summed E-state index contributed by atoms with van der Waals surface area (Å²) >= 11 is 0. The lowest BCUT2D eigenvalue weighted by Crippen LogP contribution is -2.25. The van der Waals surface area contributed by atoms with E-state index in [1.54, 1.807) is 18.2 Å². The van der Waals surface area contributed by atoms with Gasteiger partial charge in [-0.2, -0.15) is 4.98 Å². The first-order valence-electron chi connectivity index (χ1n) is 6.47. The molecule has 1 atom stereocenters. The third-order valence-corrected chi connectivity index (χ3v) is 3.45. The normalized spacial score (nSPS) is 16.1. The highest BCUT2D eigenvalue weighted by Gasteiger charge is 2.30. The van der Waals surface area contributed by atoms with E-state index in [0.717, 1.165) is 12.8 Å². The molecule has 1 fully saturated rings. The minimum atomic E-state index is -0.457. The van der Waals surface area contributed by atoms with E-state index in [2.05, 4.69) is 10.1 Å². The van der Waals surface area contributed by atoms with Crippen molar-refractivity contribution >= 4 is 5.69 Å². The maximum Gasteiger partial charge on any atom is 0.280 e. The predicted molar refractivity (Wildman–Crippen MR) is 70.8 cm³/mol. The zero-order valence-electron chi connectivity index (χ0n) is 10.7. The maximum absolute atomic E-state index is 11.0. The number of nitrogens with zero attached hydrogens (tertiary/aromatic N) is 3. The smallest absolute Gasteiger partial charge is 0.280 e. The van der Waals surface area contributed by atoms with Gasteiger partial charge in [-0.05, 0) is 24.8 Å². The van der Waals surface area contributed by atoms with Crippen molar-refractivity contribution in [3.05, 3.63) is 40.3 Å². The van der Waals surface area contributed by atoms with Crippen LogP contribution in [-0.2, 0) is 6.42 Å². The first-order valence-corrected chi connectivity index (χ1v) is 6.47. The van der Waals surface area contributed by atoms with Crippen LogP contribution in [0.15, 0.2) is 28.8 Å². The van der Waals surface area contributed by atoms with Crippen LogP contribution in [-0.4, -0.2) is 21.1 Å². The number of para-hydroxylation sites is 1. The van der Waals surface area contributed by atoms with Crippen LogP contribution in [0.3, 0.4) is 0 Å². The standard InChI is InChI=1S/C13H14N4O3/c14-10(8-5-6-8)7-12-15-13(16-20-12)9-3-1-2-4-11(9)17(18)19/h1-4,8,10H,5-7,14H2. The second-order valence-electron chi connectivity index (χ2n) is 4.99. The quantitative estimate of drug-likeness (QED) is 0.659. The number of nitro groups is 1. The van der Waals surface area contributed by atoms with Crippen LogP contribution in [0, 0.1) is 16.0 Å². The molecule has 1 heterocycles. The van der Waals surface area contributed by atoms with E-state index in [4.69, 9.17) is 10.3 Å². The monoisotopic (exact) mass is 274 g/mol. The Morgan fingerprint density at radius 3 is 2.90 bits per heavy atom. The van der Waals surface area contributed by atoms with Crippen LogP contribution in [0.1, 0.15) is 18.7 Å². The molecule has 0 spiro atoms. The Labute approximate surface area is 114 Å². The first kappa shape index (κ1) is 12.7. The number of hydrogen-bond acceptors (Lipinski definition) is 6. The average molecular weight is 274 g/mol.